The first kappa shape index (κ1) is 9.55. The van der Waals surface area contributed by atoms with Gasteiger partial charge in [-0.05, 0) is 34.1 Å². The minimum atomic E-state index is -0.272. The number of benzene rings is 1. The molecule has 1 heterocycles. The van der Waals surface area contributed by atoms with Crippen molar-refractivity contribution in [3.05, 3.63) is 40.4 Å². The van der Waals surface area contributed by atoms with E-state index in [2.05, 4.69) is 20.9 Å². The number of nitrogens with two attached hydrogens (primary N) is 1. The van der Waals surface area contributed by atoms with E-state index in [1.165, 1.54) is 6.07 Å². The molecule has 2 rings (SSSR count). The number of nitrogens with zero attached hydrogens (tertiary/aromatic N) is 1. The zero-order chi connectivity index (χ0) is 10.1. The van der Waals surface area contributed by atoms with Crippen LogP contribution in [0, 0.1) is 5.82 Å². The maximum absolute atomic E-state index is 13.2. The van der Waals surface area contributed by atoms with Gasteiger partial charge in [-0.2, -0.15) is 0 Å². The van der Waals surface area contributed by atoms with Crippen LogP contribution >= 0.6 is 15.9 Å². The third-order valence-corrected chi connectivity index (χ3v) is 2.91. The van der Waals surface area contributed by atoms with Crippen LogP contribution in [0.5, 0.6) is 0 Å². The lowest BCUT2D eigenvalue weighted by Gasteiger charge is -2.05. The van der Waals surface area contributed by atoms with Crippen LogP contribution < -0.4 is 5.73 Å². The van der Waals surface area contributed by atoms with Gasteiger partial charge in [0.25, 0.3) is 0 Å². The molecule has 0 bridgehead atoms. The maximum Gasteiger partial charge on any atom is 0.138 e. The summed E-state index contributed by atoms with van der Waals surface area (Å²) >= 11 is 3.20. The summed E-state index contributed by atoms with van der Waals surface area (Å²) in [5.74, 6) is -0.272. The number of rotatable bonds is 1. The van der Waals surface area contributed by atoms with Crippen molar-refractivity contribution in [1.29, 1.82) is 0 Å². The Kier molecular flexibility index (Phi) is 2.48. The second kappa shape index (κ2) is 3.63. The van der Waals surface area contributed by atoms with Crippen molar-refractivity contribution in [2.75, 3.05) is 0 Å². The van der Waals surface area contributed by atoms with E-state index in [-0.39, 0.29) is 5.82 Å². The summed E-state index contributed by atoms with van der Waals surface area (Å²) in [5.41, 5.74) is 6.31. The first-order valence-corrected chi connectivity index (χ1v) is 4.95. The standard InChI is InChI=1S/C10H8BrFN2/c11-10-7-3-4-14-9(5-13)6(7)1-2-8(10)12/h1-4H,5,13H2. The first-order valence-electron chi connectivity index (χ1n) is 4.15. The molecule has 0 spiro atoms. The minimum absolute atomic E-state index is 0.272. The third kappa shape index (κ3) is 1.40. The fraction of sp³-hybridized carbons (Fsp3) is 0.100. The molecule has 0 atom stereocenters. The molecule has 1 aromatic heterocycles. The van der Waals surface area contributed by atoms with Crippen LogP contribution in [0.1, 0.15) is 5.69 Å². The molecule has 2 aromatic rings. The molecule has 0 saturated carbocycles. The van der Waals surface area contributed by atoms with E-state index < -0.39 is 0 Å². The fourth-order valence-corrected chi connectivity index (χ4v) is 1.89. The predicted molar refractivity (Wildman–Crippen MR) is 57.3 cm³/mol. The number of fused-ring (bicyclic) bond motifs is 1. The van der Waals surface area contributed by atoms with Crippen molar-refractivity contribution in [2.45, 2.75) is 6.54 Å². The predicted octanol–water partition coefficient (Wildman–Crippen LogP) is 2.60. The monoisotopic (exact) mass is 254 g/mol. The molecule has 72 valence electrons. The normalized spacial score (nSPS) is 10.8. The molecule has 14 heavy (non-hydrogen) atoms. The lowest BCUT2D eigenvalue weighted by atomic mass is 10.1. The van der Waals surface area contributed by atoms with Gasteiger partial charge in [0, 0.05) is 23.5 Å². The highest BCUT2D eigenvalue weighted by Crippen LogP contribution is 2.27. The molecular weight excluding hydrogens is 247 g/mol. The van der Waals surface area contributed by atoms with E-state index in [1.54, 1.807) is 18.3 Å². The average molecular weight is 255 g/mol. The van der Waals surface area contributed by atoms with Crippen LogP contribution in [0.4, 0.5) is 4.39 Å². The highest BCUT2D eigenvalue weighted by molar-refractivity contribution is 9.10. The zero-order valence-corrected chi connectivity index (χ0v) is 8.88. The molecule has 0 aliphatic carbocycles. The van der Waals surface area contributed by atoms with Crippen LogP contribution in [0.3, 0.4) is 0 Å². The largest absolute Gasteiger partial charge is 0.325 e. The van der Waals surface area contributed by atoms with E-state index in [4.69, 9.17) is 5.73 Å². The Morgan fingerprint density at radius 3 is 2.79 bits per heavy atom. The van der Waals surface area contributed by atoms with E-state index in [0.29, 0.717) is 11.0 Å². The maximum atomic E-state index is 13.2. The van der Waals surface area contributed by atoms with E-state index in [0.717, 1.165) is 16.5 Å². The van der Waals surface area contributed by atoms with Gasteiger partial charge in [-0.25, -0.2) is 4.39 Å². The molecule has 1 aromatic carbocycles. The van der Waals surface area contributed by atoms with Crippen LogP contribution in [0.25, 0.3) is 10.8 Å². The molecule has 0 aliphatic heterocycles. The quantitative estimate of drug-likeness (QED) is 0.850. The van der Waals surface area contributed by atoms with Crippen LogP contribution in [-0.2, 0) is 6.54 Å². The second-order valence-electron chi connectivity index (χ2n) is 2.92. The van der Waals surface area contributed by atoms with Crippen molar-refractivity contribution >= 4 is 26.7 Å². The van der Waals surface area contributed by atoms with Crippen molar-refractivity contribution in [2.24, 2.45) is 5.73 Å². The van der Waals surface area contributed by atoms with Crippen LogP contribution in [0.15, 0.2) is 28.9 Å². The van der Waals surface area contributed by atoms with Gasteiger partial charge in [-0.1, -0.05) is 0 Å². The van der Waals surface area contributed by atoms with Crippen molar-refractivity contribution < 1.29 is 4.39 Å². The molecule has 0 fully saturated rings. The molecule has 0 unspecified atom stereocenters. The Labute approximate surface area is 89.1 Å². The summed E-state index contributed by atoms with van der Waals surface area (Å²) in [5, 5.41) is 1.70. The van der Waals surface area contributed by atoms with Crippen molar-refractivity contribution in [3.63, 3.8) is 0 Å². The summed E-state index contributed by atoms with van der Waals surface area (Å²) in [6, 6.07) is 4.87. The van der Waals surface area contributed by atoms with E-state index >= 15 is 0 Å². The topological polar surface area (TPSA) is 38.9 Å². The van der Waals surface area contributed by atoms with Crippen molar-refractivity contribution in [3.8, 4) is 0 Å². The number of aromatic nitrogens is 1. The Morgan fingerprint density at radius 2 is 2.07 bits per heavy atom. The summed E-state index contributed by atoms with van der Waals surface area (Å²) < 4.78 is 13.7. The van der Waals surface area contributed by atoms with Crippen LogP contribution in [-0.4, -0.2) is 4.98 Å². The lowest BCUT2D eigenvalue weighted by molar-refractivity contribution is 0.623. The summed E-state index contributed by atoms with van der Waals surface area (Å²) in [7, 11) is 0. The molecular formula is C10H8BrFN2. The van der Waals surface area contributed by atoms with Gasteiger partial charge in [0.15, 0.2) is 0 Å². The zero-order valence-electron chi connectivity index (χ0n) is 7.30. The van der Waals surface area contributed by atoms with E-state index in [1.807, 2.05) is 0 Å². The smallest absolute Gasteiger partial charge is 0.138 e. The van der Waals surface area contributed by atoms with Gasteiger partial charge in [-0.3, -0.25) is 4.98 Å². The average Bonchev–Trinajstić information content (AvgIpc) is 2.23. The molecule has 2 N–H and O–H groups in total. The molecule has 0 saturated heterocycles. The first-order chi connectivity index (χ1) is 6.74. The molecule has 2 nitrogen and oxygen atoms in total. The highest BCUT2D eigenvalue weighted by Gasteiger charge is 2.07. The molecule has 0 amide bonds. The SMILES string of the molecule is NCc1nccc2c(Br)c(F)ccc12. The Balaban J connectivity index is 2.86. The lowest BCUT2D eigenvalue weighted by Crippen LogP contribution is -2.00. The summed E-state index contributed by atoms with van der Waals surface area (Å²) in [4.78, 5) is 4.13. The van der Waals surface area contributed by atoms with E-state index in [9.17, 15) is 4.39 Å². The van der Waals surface area contributed by atoms with Crippen molar-refractivity contribution in [1.82, 2.24) is 4.98 Å². The highest BCUT2D eigenvalue weighted by atomic mass is 79.9. The molecule has 4 heteroatoms. The third-order valence-electron chi connectivity index (χ3n) is 2.11. The van der Waals surface area contributed by atoms with Gasteiger partial charge < -0.3 is 5.73 Å². The second-order valence-corrected chi connectivity index (χ2v) is 3.71. The molecule has 0 aliphatic rings. The minimum Gasteiger partial charge on any atom is -0.325 e. The fourth-order valence-electron chi connectivity index (χ4n) is 1.41. The summed E-state index contributed by atoms with van der Waals surface area (Å²) in [6.07, 6.45) is 1.63. The Hall–Kier alpha value is -1.00. The summed E-state index contributed by atoms with van der Waals surface area (Å²) in [6.45, 7) is 0.357. The Morgan fingerprint density at radius 1 is 1.29 bits per heavy atom. The van der Waals surface area contributed by atoms with Gasteiger partial charge in [0.2, 0.25) is 0 Å². The Bertz CT molecular complexity index is 485. The number of pyridine rings is 1. The number of halogens is 2. The number of hydrogen-bond donors (Lipinski definition) is 1. The molecule has 0 radical (unpaired) electrons. The van der Waals surface area contributed by atoms with Gasteiger partial charge in [-0.15, -0.1) is 0 Å². The van der Waals surface area contributed by atoms with Gasteiger partial charge in [0.1, 0.15) is 5.82 Å². The van der Waals surface area contributed by atoms with Gasteiger partial charge in [0.05, 0.1) is 10.2 Å². The van der Waals surface area contributed by atoms with Crippen LogP contribution in [0.2, 0.25) is 0 Å². The number of hydrogen-bond acceptors (Lipinski definition) is 2. The van der Waals surface area contributed by atoms with Gasteiger partial charge >= 0.3 is 0 Å².